The fraction of sp³-hybridized carbons (Fsp3) is 0.263. The standard InChI is InChI=1S/C19H18ClN3O8S2/c1-9-13(20)19(31-22-9)23-33(26,27)12-5-6-32-17(12)18(25)21-14-10(8-24)7-11(28-2)15(29-3)16(14)30-4/h5-6,23H,7H2,1-4H3,(H,21,25). The van der Waals surface area contributed by atoms with Gasteiger partial charge in [-0.25, -0.2) is 17.9 Å². The largest absolute Gasteiger partial charge is 0.497 e. The van der Waals surface area contributed by atoms with Crippen LogP contribution < -0.4 is 10.0 Å². The molecule has 0 bridgehead atoms. The molecular weight excluding hydrogens is 498 g/mol. The van der Waals surface area contributed by atoms with E-state index in [1.807, 2.05) is 0 Å². The Balaban J connectivity index is 1.98. The maximum atomic E-state index is 13.1. The van der Waals surface area contributed by atoms with E-state index in [0.29, 0.717) is 11.5 Å². The van der Waals surface area contributed by atoms with Crippen LogP contribution in [0.15, 0.2) is 49.4 Å². The van der Waals surface area contributed by atoms with Gasteiger partial charge in [-0.05, 0) is 18.4 Å². The molecule has 0 radical (unpaired) electrons. The quantitative estimate of drug-likeness (QED) is 0.506. The first-order valence-corrected chi connectivity index (χ1v) is 11.8. The molecular formula is C19H18ClN3O8S2. The van der Waals surface area contributed by atoms with Crippen molar-refractivity contribution in [3.63, 3.8) is 0 Å². The number of halogens is 1. The third-order valence-corrected chi connectivity index (χ3v) is 7.35. The van der Waals surface area contributed by atoms with Crippen molar-refractivity contribution in [3.05, 3.63) is 55.6 Å². The molecule has 2 aromatic heterocycles. The number of carbonyl (C=O) groups is 1. The number of thiophene rings is 1. The van der Waals surface area contributed by atoms with Crippen LogP contribution in [0, 0.1) is 6.92 Å². The molecule has 1 aliphatic carbocycles. The molecule has 0 spiro atoms. The van der Waals surface area contributed by atoms with Gasteiger partial charge in [0.25, 0.3) is 21.8 Å². The smallest absolute Gasteiger partial charge is 0.267 e. The van der Waals surface area contributed by atoms with Crippen molar-refractivity contribution in [2.75, 3.05) is 26.1 Å². The molecule has 0 atom stereocenters. The van der Waals surface area contributed by atoms with Gasteiger partial charge >= 0.3 is 0 Å². The summed E-state index contributed by atoms with van der Waals surface area (Å²) < 4.78 is 48.7. The highest BCUT2D eigenvalue weighted by atomic mass is 35.5. The maximum absolute atomic E-state index is 13.1. The first kappa shape index (κ1) is 24.4. The molecule has 0 aromatic carbocycles. The van der Waals surface area contributed by atoms with Crippen molar-refractivity contribution in [2.24, 2.45) is 0 Å². The summed E-state index contributed by atoms with van der Waals surface area (Å²) in [5.41, 5.74) is 0.300. The average molecular weight is 516 g/mol. The van der Waals surface area contributed by atoms with Gasteiger partial charge in [0.2, 0.25) is 5.76 Å². The Labute approximate surface area is 197 Å². The number of allylic oxidation sites excluding steroid dienone is 2. The van der Waals surface area contributed by atoms with Gasteiger partial charge < -0.3 is 24.1 Å². The summed E-state index contributed by atoms with van der Waals surface area (Å²) in [6.45, 7) is 1.54. The van der Waals surface area contributed by atoms with E-state index in [9.17, 15) is 18.0 Å². The Morgan fingerprint density at radius 2 is 1.94 bits per heavy atom. The summed E-state index contributed by atoms with van der Waals surface area (Å²) in [6.07, 6.45) is -0.0217. The van der Waals surface area contributed by atoms with Gasteiger partial charge in [-0.2, -0.15) is 0 Å². The predicted molar refractivity (Wildman–Crippen MR) is 118 cm³/mol. The Morgan fingerprint density at radius 1 is 1.24 bits per heavy atom. The summed E-state index contributed by atoms with van der Waals surface area (Å²) in [4.78, 5) is 24.1. The third-order valence-electron chi connectivity index (χ3n) is 4.48. The van der Waals surface area contributed by atoms with Crippen LogP contribution in [0.25, 0.3) is 0 Å². The van der Waals surface area contributed by atoms with Crippen molar-refractivity contribution in [3.8, 4) is 0 Å². The zero-order valence-corrected chi connectivity index (χ0v) is 20.2. The van der Waals surface area contributed by atoms with E-state index in [1.54, 1.807) is 5.94 Å². The highest BCUT2D eigenvalue weighted by molar-refractivity contribution is 7.93. The number of carbonyl (C=O) groups excluding carboxylic acids is 2. The minimum absolute atomic E-state index is 0.00880. The second-order valence-corrected chi connectivity index (χ2v) is 9.36. The van der Waals surface area contributed by atoms with E-state index < -0.39 is 15.9 Å². The number of aromatic nitrogens is 1. The van der Waals surface area contributed by atoms with Crippen molar-refractivity contribution in [1.82, 2.24) is 10.5 Å². The van der Waals surface area contributed by atoms with Crippen LogP contribution in [0.4, 0.5) is 5.88 Å². The number of hydrogen-bond acceptors (Lipinski definition) is 10. The van der Waals surface area contributed by atoms with Crippen molar-refractivity contribution < 1.29 is 36.7 Å². The molecule has 2 heterocycles. The van der Waals surface area contributed by atoms with E-state index in [2.05, 4.69) is 15.2 Å². The highest BCUT2D eigenvalue weighted by Crippen LogP contribution is 2.34. The normalized spacial score (nSPS) is 14.2. The highest BCUT2D eigenvalue weighted by Gasteiger charge is 2.33. The van der Waals surface area contributed by atoms with Gasteiger partial charge in [-0.1, -0.05) is 16.8 Å². The summed E-state index contributed by atoms with van der Waals surface area (Å²) in [6, 6.07) is 1.24. The number of sulfonamides is 1. The van der Waals surface area contributed by atoms with Crippen LogP contribution in [0.3, 0.4) is 0 Å². The molecule has 33 heavy (non-hydrogen) atoms. The van der Waals surface area contributed by atoms with Crippen molar-refractivity contribution in [2.45, 2.75) is 18.2 Å². The van der Waals surface area contributed by atoms with Gasteiger partial charge in [0, 0.05) is 6.42 Å². The number of ether oxygens (including phenoxy) is 3. The van der Waals surface area contributed by atoms with E-state index >= 15 is 0 Å². The Hall–Kier alpha value is -3.25. The number of anilines is 1. The second kappa shape index (κ2) is 9.71. The Bertz CT molecular complexity index is 1320. The lowest BCUT2D eigenvalue weighted by atomic mass is 10.0. The van der Waals surface area contributed by atoms with E-state index in [1.165, 1.54) is 39.7 Å². The summed E-state index contributed by atoms with van der Waals surface area (Å²) in [5.74, 6) is 1.15. The topological polar surface area (TPSA) is 146 Å². The molecule has 1 amide bonds. The lowest BCUT2D eigenvalue weighted by Gasteiger charge is -2.24. The molecule has 176 valence electrons. The fourth-order valence-corrected chi connectivity index (χ4v) is 5.43. The molecule has 0 saturated carbocycles. The summed E-state index contributed by atoms with van der Waals surface area (Å²) >= 11 is 6.85. The first-order valence-electron chi connectivity index (χ1n) is 9.06. The Kier molecular flexibility index (Phi) is 7.18. The molecule has 0 saturated heterocycles. The summed E-state index contributed by atoms with van der Waals surface area (Å²) in [5, 5.41) is 7.52. The average Bonchev–Trinajstić information content (AvgIpc) is 3.41. The first-order chi connectivity index (χ1) is 15.7. The number of rotatable bonds is 8. The zero-order valence-electron chi connectivity index (χ0n) is 17.8. The SMILES string of the molecule is COC1=C(OC)C(OC)=C(NC(=O)c2sccc2S(=O)(=O)Nc2onc(C)c2Cl)C(=C=O)C1. The van der Waals surface area contributed by atoms with E-state index in [4.69, 9.17) is 30.3 Å². The monoisotopic (exact) mass is 515 g/mol. The predicted octanol–water partition coefficient (Wildman–Crippen LogP) is 2.75. The number of hydrogen-bond donors (Lipinski definition) is 2. The van der Waals surface area contributed by atoms with Crippen LogP contribution >= 0.6 is 22.9 Å². The molecule has 0 fully saturated rings. The minimum atomic E-state index is -4.27. The van der Waals surface area contributed by atoms with E-state index in [-0.39, 0.29) is 49.9 Å². The molecule has 3 rings (SSSR count). The lowest BCUT2D eigenvalue weighted by molar-refractivity contribution is 0.0962. The van der Waals surface area contributed by atoms with Crippen molar-refractivity contribution in [1.29, 1.82) is 0 Å². The van der Waals surface area contributed by atoms with Crippen LogP contribution in [-0.2, 0) is 29.0 Å². The second-order valence-electron chi connectivity index (χ2n) is 6.41. The molecule has 14 heteroatoms. The van der Waals surface area contributed by atoms with Crippen LogP contribution in [0.1, 0.15) is 21.8 Å². The van der Waals surface area contributed by atoms with Gasteiger partial charge in [0.15, 0.2) is 5.76 Å². The lowest BCUT2D eigenvalue weighted by Crippen LogP contribution is -2.29. The number of methoxy groups -OCH3 is 3. The van der Waals surface area contributed by atoms with E-state index in [0.717, 1.165) is 11.3 Å². The van der Waals surface area contributed by atoms with Crippen LogP contribution in [-0.4, -0.2) is 46.8 Å². The zero-order chi connectivity index (χ0) is 24.3. The molecule has 1 aliphatic rings. The Morgan fingerprint density at radius 3 is 2.48 bits per heavy atom. The van der Waals surface area contributed by atoms with Gasteiger partial charge in [-0.15, -0.1) is 11.3 Å². The third kappa shape index (κ3) is 4.62. The number of aryl methyl sites for hydroxylation is 1. The fourth-order valence-electron chi connectivity index (χ4n) is 2.94. The minimum Gasteiger partial charge on any atom is -0.497 e. The molecule has 11 nitrogen and oxygen atoms in total. The number of nitrogens with zero attached hydrogens (tertiary/aromatic N) is 1. The van der Waals surface area contributed by atoms with Crippen LogP contribution in [0.2, 0.25) is 5.02 Å². The van der Waals surface area contributed by atoms with Gasteiger partial charge in [0.1, 0.15) is 37.9 Å². The van der Waals surface area contributed by atoms with Gasteiger partial charge in [0.05, 0.1) is 26.9 Å². The molecule has 2 aromatic rings. The van der Waals surface area contributed by atoms with Gasteiger partial charge in [-0.3, -0.25) is 4.79 Å². The molecule has 2 N–H and O–H groups in total. The summed E-state index contributed by atoms with van der Waals surface area (Å²) in [7, 11) is -0.187. The number of amides is 1. The van der Waals surface area contributed by atoms with Crippen molar-refractivity contribution >= 4 is 50.7 Å². The molecule has 0 aliphatic heterocycles. The molecule has 0 unspecified atom stereocenters. The van der Waals surface area contributed by atoms with Crippen LogP contribution in [0.5, 0.6) is 0 Å². The number of nitrogens with one attached hydrogen (secondary N) is 2. The maximum Gasteiger partial charge on any atom is 0.267 e.